The average Bonchev–Trinajstić information content (AvgIpc) is 3.18. The predicted octanol–water partition coefficient (Wildman–Crippen LogP) is 3.45. The summed E-state index contributed by atoms with van der Waals surface area (Å²) in [5.74, 6) is 1.86. The van der Waals surface area contributed by atoms with Gasteiger partial charge in [-0.25, -0.2) is 0 Å². The minimum Gasteiger partial charge on any atom is -0.378 e. The third-order valence-electron chi connectivity index (χ3n) is 7.02. The van der Waals surface area contributed by atoms with Crippen LogP contribution in [0.4, 0.5) is 5.69 Å². The van der Waals surface area contributed by atoms with E-state index in [2.05, 4.69) is 90.4 Å². The third-order valence-corrected chi connectivity index (χ3v) is 7.31. The minimum atomic E-state index is 0.554. The molecule has 3 fully saturated rings. The normalized spacial score (nSPS) is 24.6. The molecule has 3 saturated heterocycles. The predicted molar refractivity (Wildman–Crippen MR) is 137 cm³/mol. The molecule has 5 rings (SSSR count). The van der Waals surface area contributed by atoms with Gasteiger partial charge >= 0.3 is 0 Å². The van der Waals surface area contributed by atoms with Crippen molar-refractivity contribution in [3.63, 3.8) is 0 Å². The number of aryl methyl sites for hydroxylation is 1. The largest absolute Gasteiger partial charge is 0.378 e. The highest BCUT2D eigenvalue weighted by atomic mass is 32.1. The second-order valence-electron chi connectivity index (χ2n) is 10.0. The Labute approximate surface area is 198 Å². The van der Waals surface area contributed by atoms with Gasteiger partial charge in [0.1, 0.15) is 0 Å². The lowest BCUT2D eigenvalue weighted by Gasteiger charge is -2.50. The molecule has 6 nitrogen and oxygen atoms in total. The molecule has 0 aliphatic carbocycles. The second kappa shape index (κ2) is 9.79. The van der Waals surface area contributed by atoms with E-state index < -0.39 is 0 Å². The van der Waals surface area contributed by atoms with Crippen molar-refractivity contribution in [2.24, 2.45) is 18.9 Å². The number of anilines is 1. The maximum absolute atomic E-state index is 5.46. The van der Waals surface area contributed by atoms with Gasteiger partial charge < -0.3 is 15.5 Å². The number of thiocarbonyl (C=S) groups is 1. The molecule has 0 saturated carbocycles. The van der Waals surface area contributed by atoms with Crippen molar-refractivity contribution in [3.8, 4) is 11.3 Å². The molecule has 2 bridgehead atoms. The topological polar surface area (TPSA) is 48.4 Å². The van der Waals surface area contributed by atoms with Gasteiger partial charge in [0.2, 0.25) is 0 Å². The Bertz CT molecular complexity index is 919. The van der Waals surface area contributed by atoms with Gasteiger partial charge in [-0.3, -0.25) is 9.58 Å². The molecule has 174 valence electrons. The summed E-state index contributed by atoms with van der Waals surface area (Å²) in [5.41, 5.74) is 4.83. The Morgan fingerprint density at radius 2 is 1.97 bits per heavy atom. The molecule has 2 N–H and O–H groups in total. The molecule has 0 amide bonds. The van der Waals surface area contributed by atoms with Crippen molar-refractivity contribution >= 4 is 23.0 Å². The highest BCUT2D eigenvalue weighted by Gasteiger charge is 2.41. The van der Waals surface area contributed by atoms with Crippen molar-refractivity contribution in [3.05, 3.63) is 36.0 Å². The van der Waals surface area contributed by atoms with E-state index in [9.17, 15) is 0 Å². The third kappa shape index (κ3) is 5.09. The fraction of sp³-hybridized carbons (Fsp3) is 0.600. The van der Waals surface area contributed by atoms with Crippen molar-refractivity contribution in [2.75, 3.05) is 45.2 Å². The number of hydrogen-bond donors (Lipinski definition) is 2. The maximum atomic E-state index is 5.46. The average molecular weight is 455 g/mol. The maximum Gasteiger partial charge on any atom is 0.166 e. The Kier molecular flexibility index (Phi) is 7.05. The highest BCUT2D eigenvalue weighted by molar-refractivity contribution is 7.80. The van der Waals surface area contributed by atoms with E-state index in [0.717, 1.165) is 30.4 Å². The lowest BCUT2D eigenvalue weighted by Crippen LogP contribution is -2.56. The quantitative estimate of drug-likeness (QED) is 0.625. The summed E-state index contributed by atoms with van der Waals surface area (Å²) in [7, 11) is 6.24. The molecule has 2 aromatic rings. The molecular formula is C25H38N6S. The van der Waals surface area contributed by atoms with Crippen LogP contribution in [-0.2, 0) is 7.05 Å². The number of aromatic nitrogens is 2. The molecule has 4 atom stereocenters. The van der Waals surface area contributed by atoms with Gasteiger partial charge in [0, 0.05) is 69.7 Å². The molecule has 32 heavy (non-hydrogen) atoms. The van der Waals surface area contributed by atoms with E-state index in [1.54, 1.807) is 0 Å². The molecule has 1 aromatic carbocycles. The summed E-state index contributed by atoms with van der Waals surface area (Å²) in [6.45, 7) is 8.56. The first-order chi connectivity index (χ1) is 15.3. The van der Waals surface area contributed by atoms with E-state index in [4.69, 9.17) is 17.3 Å². The summed E-state index contributed by atoms with van der Waals surface area (Å²) in [5, 5.41) is 12.4. The first kappa shape index (κ1) is 23.1. The number of piperidine rings is 3. The van der Waals surface area contributed by atoms with Gasteiger partial charge in [-0.2, -0.15) is 5.10 Å². The van der Waals surface area contributed by atoms with Crippen LogP contribution in [0.25, 0.3) is 11.3 Å². The second-order valence-corrected chi connectivity index (χ2v) is 10.5. The summed E-state index contributed by atoms with van der Waals surface area (Å²) < 4.78 is 2.11. The Hall–Kier alpha value is -2.12. The summed E-state index contributed by atoms with van der Waals surface area (Å²) in [6, 6.07) is 11.6. The molecule has 0 spiro atoms. The molecule has 4 heterocycles. The lowest BCUT2D eigenvalue weighted by molar-refractivity contribution is 0.0303. The lowest BCUT2D eigenvalue weighted by atomic mass is 9.74. The zero-order valence-electron chi connectivity index (χ0n) is 20.1. The SMILES string of the molecule is CC(C)CNC(=S)NC[C@H]1C[C@@H]2CCN1C[C@@H]2c1cc(-c2ccc(N(C)C)cc2)nn1C. The Morgan fingerprint density at radius 3 is 2.59 bits per heavy atom. The molecular weight excluding hydrogens is 416 g/mol. The van der Waals surface area contributed by atoms with Crippen molar-refractivity contribution < 1.29 is 0 Å². The zero-order valence-corrected chi connectivity index (χ0v) is 21.0. The standard InChI is InChI=1S/C25H38N6S/c1-17(2)14-26-25(32)27-15-21-12-19-10-11-31(21)16-22(19)24-13-23(28-30(24)5)18-6-8-20(9-7-18)29(3)4/h6-9,13,17,19,21-22H,10-12,14-16H2,1-5H3,(H2,26,27,32)/t19-,21+,22-/m0/s1. The van der Waals surface area contributed by atoms with Gasteiger partial charge in [-0.05, 0) is 61.6 Å². The molecule has 7 heteroatoms. The van der Waals surface area contributed by atoms with E-state index in [1.165, 1.54) is 36.3 Å². The number of fused-ring (bicyclic) bond motifs is 3. The van der Waals surface area contributed by atoms with Crippen LogP contribution in [0.5, 0.6) is 0 Å². The summed E-state index contributed by atoms with van der Waals surface area (Å²) >= 11 is 5.46. The van der Waals surface area contributed by atoms with Crippen LogP contribution >= 0.6 is 12.2 Å². The molecule has 3 aliphatic rings. The van der Waals surface area contributed by atoms with Crippen LogP contribution in [0.15, 0.2) is 30.3 Å². The number of hydrogen-bond acceptors (Lipinski definition) is 4. The van der Waals surface area contributed by atoms with E-state index >= 15 is 0 Å². The summed E-state index contributed by atoms with van der Waals surface area (Å²) in [6.07, 6.45) is 2.50. The van der Waals surface area contributed by atoms with Crippen molar-refractivity contribution in [1.29, 1.82) is 0 Å². The minimum absolute atomic E-state index is 0.554. The Morgan fingerprint density at radius 1 is 1.22 bits per heavy atom. The van der Waals surface area contributed by atoms with Crippen LogP contribution in [0.1, 0.15) is 38.3 Å². The monoisotopic (exact) mass is 454 g/mol. The summed E-state index contributed by atoms with van der Waals surface area (Å²) in [4.78, 5) is 4.78. The van der Waals surface area contributed by atoms with E-state index in [-0.39, 0.29) is 0 Å². The molecule has 1 aromatic heterocycles. The van der Waals surface area contributed by atoms with E-state index in [1.807, 2.05) is 0 Å². The number of nitrogens with one attached hydrogen (secondary N) is 2. The van der Waals surface area contributed by atoms with Crippen molar-refractivity contribution in [2.45, 2.75) is 38.6 Å². The van der Waals surface area contributed by atoms with Gasteiger partial charge in [-0.15, -0.1) is 0 Å². The van der Waals surface area contributed by atoms with Crippen LogP contribution in [0.2, 0.25) is 0 Å². The highest BCUT2D eigenvalue weighted by Crippen LogP contribution is 2.42. The van der Waals surface area contributed by atoms with Crippen molar-refractivity contribution in [1.82, 2.24) is 25.3 Å². The van der Waals surface area contributed by atoms with Crippen LogP contribution < -0.4 is 15.5 Å². The first-order valence-corrected chi connectivity index (χ1v) is 12.3. The molecule has 3 aliphatic heterocycles. The first-order valence-electron chi connectivity index (χ1n) is 11.9. The molecule has 0 radical (unpaired) electrons. The molecule has 1 unspecified atom stereocenters. The van der Waals surface area contributed by atoms with Crippen LogP contribution in [0.3, 0.4) is 0 Å². The fourth-order valence-corrected chi connectivity index (χ4v) is 5.32. The number of benzene rings is 1. The van der Waals surface area contributed by atoms with Gasteiger partial charge in [0.25, 0.3) is 0 Å². The van der Waals surface area contributed by atoms with Gasteiger partial charge in [-0.1, -0.05) is 26.0 Å². The van der Waals surface area contributed by atoms with E-state index in [0.29, 0.717) is 23.8 Å². The van der Waals surface area contributed by atoms with Crippen LogP contribution in [-0.4, -0.2) is 66.1 Å². The zero-order chi connectivity index (χ0) is 22.8. The number of rotatable bonds is 7. The van der Waals surface area contributed by atoms with Gasteiger partial charge in [0.15, 0.2) is 5.11 Å². The van der Waals surface area contributed by atoms with Gasteiger partial charge in [0.05, 0.1) is 5.69 Å². The van der Waals surface area contributed by atoms with Crippen LogP contribution in [0, 0.1) is 11.8 Å². The number of nitrogens with zero attached hydrogens (tertiary/aromatic N) is 4. The Balaban J connectivity index is 1.39. The smallest absolute Gasteiger partial charge is 0.166 e. The fourth-order valence-electron chi connectivity index (χ4n) is 5.16.